The van der Waals surface area contributed by atoms with Crippen LogP contribution in [0, 0.1) is 5.92 Å². The quantitative estimate of drug-likeness (QED) is 0.446. The zero-order chi connectivity index (χ0) is 23.0. The lowest BCUT2D eigenvalue weighted by atomic mass is 9.94. The summed E-state index contributed by atoms with van der Waals surface area (Å²) in [5.74, 6) is 0.539. The molecule has 2 aromatic rings. The number of amides is 1. The van der Waals surface area contributed by atoms with Crippen LogP contribution in [0.2, 0.25) is 0 Å². The van der Waals surface area contributed by atoms with Crippen molar-refractivity contribution in [2.45, 2.75) is 64.0 Å². The molecule has 1 heterocycles. The molecule has 33 heavy (non-hydrogen) atoms. The molecule has 0 saturated heterocycles. The fourth-order valence-electron chi connectivity index (χ4n) is 4.36. The second-order valence-electron chi connectivity index (χ2n) is 9.12. The minimum atomic E-state index is -0.817. The number of rotatable bonds is 11. The largest absolute Gasteiger partial charge is 0.481 e. The van der Waals surface area contributed by atoms with Crippen LogP contribution in [-0.4, -0.2) is 46.1 Å². The molecule has 1 aromatic heterocycles. The third-order valence-electron chi connectivity index (χ3n) is 6.40. The van der Waals surface area contributed by atoms with E-state index in [9.17, 15) is 9.59 Å². The summed E-state index contributed by atoms with van der Waals surface area (Å²) in [4.78, 5) is 34.6. The number of carbonyl (C=O) groups is 2. The smallest absolute Gasteiger partial charge is 0.304 e. The number of carboxylic acid groups (broad SMARTS) is 1. The summed E-state index contributed by atoms with van der Waals surface area (Å²) in [5, 5.41) is 14.7. The van der Waals surface area contributed by atoms with Gasteiger partial charge >= 0.3 is 5.97 Å². The predicted octanol–water partition coefficient (Wildman–Crippen LogP) is 3.84. The van der Waals surface area contributed by atoms with Crippen molar-refractivity contribution < 1.29 is 14.7 Å². The predicted molar refractivity (Wildman–Crippen MR) is 127 cm³/mol. The summed E-state index contributed by atoms with van der Waals surface area (Å²) < 4.78 is 0. The van der Waals surface area contributed by atoms with Crippen LogP contribution in [0.3, 0.4) is 0 Å². The monoisotopic (exact) mass is 451 g/mol. The highest BCUT2D eigenvalue weighted by molar-refractivity contribution is 6.03. The Morgan fingerprint density at radius 1 is 1.03 bits per heavy atom. The van der Waals surface area contributed by atoms with E-state index in [0.29, 0.717) is 30.5 Å². The number of aliphatic carboxylic acids is 1. The number of hydrogen-bond donors (Lipinski definition) is 3. The molecule has 0 aliphatic heterocycles. The molecule has 8 heteroatoms. The van der Waals surface area contributed by atoms with Gasteiger partial charge in [-0.25, -0.2) is 9.97 Å². The van der Waals surface area contributed by atoms with Gasteiger partial charge in [0.15, 0.2) is 0 Å². The Labute approximate surface area is 194 Å². The number of benzene rings is 1. The van der Waals surface area contributed by atoms with Gasteiger partial charge in [0.25, 0.3) is 5.91 Å². The van der Waals surface area contributed by atoms with Crippen molar-refractivity contribution in [3.63, 3.8) is 0 Å². The van der Waals surface area contributed by atoms with Crippen molar-refractivity contribution in [2.24, 2.45) is 5.92 Å². The average Bonchev–Trinajstić information content (AvgIpc) is 3.66. The highest BCUT2D eigenvalue weighted by atomic mass is 16.4. The van der Waals surface area contributed by atoms with Gasteiger partial charge in [0.2, 0.25) is 0 Å². The van der Waals surface area contributed by atoms with Crippen LogP contribution in [0.1, 0.15) is 67.4 Å². The maximum atomic E-state index is 12.9. The highest BCUT2D eigenvalue weighted by Crippen LogP contribution is 2.34. The van der Waals surface area contributed by atoms with E-state index < -0.39 is 5.97 Å². The number of nitrogens with one attached hydrogen (secondary N) is 2. The Morgan fingerprint density at radius 3 is 2.48 bits per heavy atom. The van der Waals surface area contributed by atoms with E-state index in [1.165, 1.54) is 51.3 Å². The van der Waals surface area contributed by atoms with Crippen molar-refractivity contribution in [1.29, 1.82) is 0 Å². The van der Waals surface area contributed by atoms with Crippen LogP contribution in [0.4, 0.5) is 11.5 Å². The van der Waals surface area contributed by atoms with E-state index in [-0.39, 0.29) is 12.3 Å². The summed E-state index contributed by atoms with van der Waals surface area (Å²) in [5.41, 5.74) is 2.08. The zero-order valence-electron chi connectivity index (χ0n) is 19.0. The maximum absolute atomic E-state index is 12.9. The standard InChI is InChI=1S/C25H33N5O3/c31-24(32)12-13-26-15-18-8-10-20(11-9-18)29-25(33)22-14-23(28-17-27-22)30(16-19-6-7-19)21-4-2-1-3-5-21/h8-11,14,17,19,21,26H,1-7,12-13,15-16H2,(H,29,33)(H,31,32). The third kappa shape index (κ3) is 6.99. The van der Waals surface area contributed by atoms with Crippen LogP contribution < -0.4 is 15.5 Å². The molecule has 1 aromatic carbocycles. The van der Waals surface area contributed by atoms with Crippen LogP contribution in [0.5, 0.6) is 0 Å². The summed E-state index contributed by atoms with van der Waals surface area (Å²) in [6.07, 6.45) is 10.4. The van der Waals surface area contributed by atoms with Crippen molar-refractivity contribution in [1.82, 2.24) is 15.3 Å². The van der Waals surface area contributed by atoms with Crippen molar-refractivity contribution >= 4 is 23.4 Å². The lowest BCUT2D eigenvalue weighted by molar-refractivity contribution is -0.136. The van der Waals surface area contributed by atoms with Gasteiger partial charge in [0.05, 0.1) is 6.42 Å². The van der Waals surface area contributed by atoms with Gasteiger partial charge in [0.1, 0.15) is 17.8 Å². The molecule has 2 aliphatic rings. The van der Waals surface area contributed by atoms with Gasteiger partial charge in [-0.3, -0.25) is 9.59 Å². The van der Waals surface area contributed by atoms with Gasteiger partial charge in [-0.2, -0.15) is 0 Å². The average molecular weight is 452 g/mol. The highest BCUT2D eigenvalue weighted by Gasteiger charge is 2.30. The van der Waals surface area contributed by atoms with Crippen LogP contribution in [0.25, 0.3) is 0 Å². The first kappa shape index (κ1) is 23.2. The molecular weight excluding hydrogens is 418 g/mol. The van der Waals surface area contributed by atoms with Crippen LogP contribution in [-0.2, 0) is 11.3 Å². The summed E-state index contributed by atoms with van der Waals surface area (Å²) in [6, 6.07) is 9.84. The van der Waals surface area contributed by atoms with E-state index in [0.717, 1.165) is 23.8 Å². The molecule has 2 saturated carbocycles. The zero-order valence-corrected chi connectivity index (χ0v) is 19.0. The fraction of sp³-hybridized carbons (Fsp3) is 0.520. The Kier molecular flexibility index (Phi) is 7.88. The maximum Gasteiger partial charge on any atom is 0.304 e. The molecule has 0 spiro atoms. The molecule has 2 fully saturated rings. The number of nitrogens with zero attached hydrogens (tertiary/aromatic N) is 3. The number of hydrogen-bond acceptors (Lipinski definition) is 6. The number of anilines is 2. The Morgan fingerprint density at radius 2 is 1.79 bits per heavy atom. The van der Waals surface area contributed by atoms with E-state index in [2.05, 4.69) is 25.5 Å². The minimum absolute atomic E-state index is 0.0912. The SMILES string of the molecule is O=C(O)CCNCc1ccc(NC(=O)c2cc(N(CC3CC3)C3CCCCC3)ncn2)cc1. The van der Waals surface area contributed by atoms with Crippen molar-refractivity contribution in [3.05, 3.63) is 47.9 Å². The fourth-order valence-corrected chi connectivity index (χ4v) is 4.36. The topological polar surface area (TPSA) is 107 Å². The van der Waals surface area contributed by atoms with E-state index in [1.54, 1.807) is 0 Å². The summed E-state index contributed by atoms with van der Waals surface area (Å²) in [6.45, 7) is 2.02. The lowest BCUT2D eigenvalue weighted by Crippen LogP contribution is -2.39. The van der Waals surface area contributed by atoms with Crippen LogP contribution >= 0.6 is 0 Å². The number of aromatic nitrogens is 2. The molecule has 0 unspecified atom stereocenters. The van der Waals surface area contributed by atoms with E-state index in [1.807, 2.05) is 30.3 Å². The van der Waals surface area contributed by atoms with Gasteiger partial charge < -0.3 is 20.6 Å². The Balaban J connectivity index is 1.37. The minimum Gasteiger partial charge on any atom is -0.481 e. The van der Waals surface area contributed by atoms with Gasteiger partial charge in [-0.15, -0.1) is 0 Å². The van der Waals surface area contributed by atoms with Gasteiger partial charge in [-0.05, 0) is 49.3 Å². The Bertz CT molecular complexity index is 939. The molecule has 4 rings (SSSR count). The molecule has 1 amide bonds. The first-order valence-corrected chi connectivity index (χ1v) is 12.0. The lowest BCUT2D eigenvalue weighted by Gasteiger charge is -2.35. The summed E-state index contributed by atoms with van der Waals surface area (Å²) in [7, 11) is 0. The second-order valence-corrected chi connectivity index (χ2v) is 9.12. The molecule has 0 atom stereocenters. The Hall–Kier alpha value is -3.00. The molecule has 8 nitrogen and oxygen atoms in total. The van der Waals surface area contributed by atoms with E-state index in [4.69, 9.17) is 5.11 Å². The molecule has 176 valence electrons. The normalized spacial score (nSPS) is 16.4. The molecule has 2 aliphatic carbocycles. The molecule has 0 bridgehead atoms. The van der Waals surface area contributed by atoms with Gasteiger partial charge in [0, 0.05) is 37.4 Å². The third-order valence-corrected chi connectivity index (χ3v) is 6.40. The molecule has 3 N–H and O–H groups in total. The number of carbonyl (C=O) groups excluding carboxylic acids is 1. The second kappa shape index (κ2) is 11.2. The van der Waals surface area contributed by atoms with Crippen molar-refractivity contribution in [3.8, 4) is 0 Å². The first-order chi connectivity index (χ1) is 16.1. The van der Waals surface area contributed by atoms with Gasteiger partial charge in [-0.1, -0.05) is 31.4 Å². The number of carboxylic acids is 1. The molecule has 0 radical (unpaired) electrons. The summed E-state index contributed by atoms with van der Waals surface area (Å²) >= 11 is 0. The van der Waals surface area contributed by atoms with Crippen molar-refractivity contribution in [2.75, 3.05) is 23.3 Å². The van der Waals surface area contributed by atoms with Crippen LogP contribution in [0.15, 0.2) is 36.7 Å². The first-order valence-electron chi connectivity index (χ1n) is 12.0. The molecular formula is C25H33N5O3. The van der Waals surface area contributed by atoms with E-state index >= 15 is 0 Å².